The molecular weight excluding hydrogens is 412 g/mol. The van der Waals surface area contributed by atoms with Crippen LogP contribution in [0.1, 0.15) is 17.0 Å². The van der Waals surface area contributed by atoms with Crippen LogP contribution in [0.15, 0.2) is 77.6 Å². The number of nitrogens with one attached hydrogen (secondary N) is 2. The van der Waals surface area contributed by atoms with Crippen molar-refractivity contribution in [3.05, 3.63) is 105 Å². The minimum Gasteiger partial charge on any atom is -0.313 e. The van der Waals surface area contributed by atoms with Gasteiger partial charge in [0.25, 0.3) is 5.56 Å². The second-order valence-corrected chi connectivity index (χ2v) is 7.75. The van der Waals surface area contributed by atoms with Crippen LogP contribution in [0.25, 0.3) is 10.9 Å². The van der Waals surface area contributed by atoms with E-state index in [1.807, 2.05) is 49.4 Å². The highest BCUT2D eigenvalue weighted by Crippen LogP contribution is 2.16. The molecule has 4 aromatic rings. The number of amides is 2. The Hall–Kier alpha value is -3.64. The standard InChI is InChI=1S/C24H21ClN4O2/c1-16-5-4-6-19(13-16)26-24(31)29(14-17-9-11-18(25)12-10-17)15-22-27-21-8-3-2-7-20(21)23(30)28-22/h2-13H,14-15H2,1H3,(H,26,31)(H,27,28,30). The first-order chi connectivity index (χ1) is 15.0. The van der Waals surface area contributed by atoms with Crippen molar-refractivity contribution >= 4 is 34.2 Å². The van der Waals surface area contributed by atoms with Crippen molar-refractivity contribution in [1.82, 2.24) is 14.9 Å². The number of hydrogen-bond acceptors (Lipinski definition) is 3. The quantitative estimate of drug-likeness (QED) is 0.459. The Kier molecular flexibility index (Phi) is 6.00. The summed E-state index contributed by atoms with van der Waals surface area (Å²) in [4.78, 5) is 34.5. The first-order valence-corrected chi connectivity index (χ1v) is 10.2. The maximum absolute atomic E-state index is 13.1. The molecule has 0 saturated heterocycles. The van der Waals surface area contributed by atoms with Gasteiger partial charge in [0.2, 0.25) is 0 Å². The van der Waals surface area contributed by atoms with E-state index in [1.54, 1.807) is 35.2 Å². The Balaban J connectivity index is 1.63. The molecule has 2 amide bonds. The number of rotatable bonds is 5. The largest absolute Gasteiger partial charge is 0.322 e. The van der Waals surface area contributed by atoms with E-state index in [1.165, 1.54) is 0 Å². The molecule has 0 bridgehead atoms. The Labute approximate surface area is 184 Å². The van der Waals surface area contributed by atoms with E-state index in [9.17, 15) is 9.59 Å². The zero-order valence-electron chi connectivity index (χ0n) is 16.9. The van der Waals surface area contributed by atoms with Gasteiger partial charge < -0.3 is 15.2 Å². The zero-order valence-corrected chi connectivity index (χ0v) is 17.7. The van der Waals surface area contributed by atoms with Crippen LogP contribution in [0.4, 0.5) is 10.5 Å². The van der Waals surface area contributed by atoms with Crippen LogP contribution in [-0.4, -0.2) is 20.9 Å². The Morgan fingerprint density at radius 3 is 2.58 bits per heavy atom. The number of aromatic nitrogens is 2. The summed E-state index contributed by atoms with van der Waals surface area (Å²) in [6, 6.07) is 21.7. The van der Waals surface area contributed by atoms with Crippen molar-refractivity contribution in [2.45, 2.75) is 20.0 Å². The first kappa shape index (κ1) is 20.6. The minimum atomic E-state index is -0.295. The van der Waals surface area contributed by atoms with E-state index >= 15 is 0 Å². The van der Waals surface area contributed by atoms with E-state index in [0.29, 0.717) is 34.0 Å². The number of aromatic amines is 1. The lowest BCUT2D eigenvalue weighted by molar-refractivity contribution is 0.205. The van der Waals surface area contributed by atoms with Crippen LogP contribution >= 0.6 is 11.6 Å². The van der Waals surface area contributed by atoms with Gasteiger partial charge in [-0.2, -0.15) is 0 Å². The van der Waals surface area contributed by atoms with Gasteiger partial charge >= 0.3 is 6.03 Å². The fourth-order valence-corrected chi connectivity index (χ4v) is 3.45. The lowest BCUT2D eigenvalue weighted by Gasteiger charge is -2.23. The molecule has 0 atom stereocenters. The number of benzene rings is 3. The van der Waals surface area contributed by atoms with Crippen molar-refractivity contribution in [1.29, 1.82) is 0 Å². The summed E-state index contributed by atoms with van der Waals surface area (Å²) in [5.41, 5.74) is 3.01. The number of H-pyrrole nitrogens is 1. The number of nitrogens with zero attached hydrogens (tertiary/aromatic N) is 2. The molecule has 0 fully saturated rings. The number of aryl methyl sites for hydroxylation is 1. The molecule has 1 aromatic heterocycles. The molecule has 0 saturated carbocycles. The van der Waals surface area contributed by atoms with Crippen LogP contribution in [0, 0.1) is 6.92 Å². The van der Waals surface area contributed by atoms with Crippen molar-refractivity contribution in [3.63, 3.8) is 0 Å². The molecule has 0 aliphatic carbocycles. The lowest BCUT2D eigenvalue weighted by Crippen LogP contribution is -2.35. The average molecular weight is 433 g/mol. The predicted molar refractivity (Wildman–Crippen MR) is 123 cm³/mol. The number of hydrogen-bond donors (Lipinski definition) is 2. The molecule has 4 rings (SSSR count). The third-order valence-corrected chi connectivity index (χ3v) is 5.10. The normalized spacial score (nSPS) is 10.8. The number of carbonyl (C=O) groups is 1. The summed E-state index contributed by atoms with van der Waals surface area (Å²) in [5.74, 6) is 0.414. The predicted octanol–water partition coefficient (Wildman–Crippen LogP) is 5.12. The molecule has 1 heterocycles. The molecule has 0 aliphatic heterocycles. The highest BCUT2D eigenvalue weighted by Gasteiger charge is 2.17. The number of para-hydroxylation sites is 1. The number of carbonyl (C=O) groups excluding carboxylic acids is 1. The van der Waals surface area contributed by atoms with Gasteiger partial charge in [0.1, 0.15) is 5.82 Å². The second-order valence-electron chi connectivity index (χ2n) is 7.31. The maximum atomic E-state index is 13.1. The Bertz CT molecular complexity index is 1280. The molecule has 0 aliphatic rings. The smallest absolute Gasteiger partial charge is 0.313 e. The van der Waals surface area contributed by atoms with Crippen LogP contribution in [0.2, 0.25) is 5.02 Å². The SMILES string of the molecule is Cc1cccc(NC(=O)N(Cc2ccc(Cl)cc2)Cc2nc3ccccc3c(=O)[nH]2)c1. The van der Waals surface area contributed by atoms with Crippen molar-refractivity contribution in [2.24, 2.45) is 0 Å². The summed E-state index contributed by atoms with van der Waals surface area (Å²) in [5, 5.41) is 4.07. The van der Waals surface area contributed by atoms with E-state index in [0.717, 1.165) is 11.1 Å². The summed E-state index contributed by atoms with van der Waals surface area (Å²) in [6.45, 7) is 2.43. The fourth-order valence-electron chi connectivity index (χ4n) is 3.33. The molecule has 0 unspecified atom stereocenters. The van der Waals surface area contributed by atoms with E-state index < -0.39 is 0 Å². The topological polar surface area (TPSA) is 78.1 Å². The van der Waals surface area contributed by atoms with Crippen molar-refractivity contribution in [2.75, 3.05) is 5.32 Å². The van der Waals surface area contributed by atoms with Gasteiger partial charge in [-0.15, -0.1) is 0 Å². The zero-order chi connectivity index (χ0) is 21.8. The monoisotopic (exact) mass is 432 g/mol. The summed E-state index contributed by atoms with van der Waals surface area (Å²) >= 11 is 5.99. The minimum absolute atomic E-state index is 0.139. The van der Waals surface area contributed by atoms with Gasteiger partial charge in [0, 0.05) is 17.3 Å². The fraction of sp³-hybridized carbons (Fsp3) is 0.125. The van der Waals surface area contributed by atoms with Gasteiger partial charge in [-0.25, -0.2) is 9.78 Å². The van der Waals surface area contributed by atoms with Crippen LogP contribution in [-0.2, 0) is 13.1 Å². The molecule has 0 spiro atoms. The summed E-state index contributed by atoms with van der Waals surface area (Å²) < 4.78 is 0. The molecular formula is C24H21ClN4O2. The molecule has 3 aromatic carbocycles. The highest BCUT2D eigenvalue weighted by molar-refractivity contribution is 6.30. The number of fused-ring (bicyclic) bond motifs is 1. The summed E-state index contributed by atoms with van der Waals surface area (Å²) in [6.07, 6.45) is 0. The average Bonchev–Trinajstić information content (AvgIpc) is 2.75. The number of anilines is 1. The molecule has 0 radical (unpaired) electrons. The maximum Gasteiger partial charge on any atom is 0.322 e. The molecule has 2 N–H and O–H groups in total. The van der Waals surface area contributed by atoms with Gasteiger partial charge in [-0.05, 0) is 54.4 Å². The van der Waals surface area contributed by atoms with Crippen LogP contribution < -0.4 is 10.9 Å². The molecule has 31 heavy (non-hydrogen) atoms. The third-order valence-electron chi connectivity index (χ3n) is 4.85. The molecule has 156 valence electrons. The van der Waals surface area contributed by atoms with Crippen molar-refractivity contribution in [3.8, 4) is 0 Å². The third kappa shape index (κ3) is 5.10. The number of urea groups is 1. The van der Waals surface area contributed by atoms with E-state index in [4.69, 9.17) is 11.6 Å². The molecule has 7 heteroatoms. The Morgan fingerprint density at radius 2 is 1.81 bits per heavy atom. The summed E-state index contributed by atoms with van der Waals surface area (Å²) in [7, 11) is 0. The van der Waals surface area contributed by atoms with Gasteiger partial charge in [0.15, 0.2) is 0 Å². The second kappa shape index (κ2) is 9.02. The van der Waals surface area contributed by atoms with Gasteiger partial charge in [-0.3, -0.25) is 4.79 Å². The lowest BCUT2D eigenvalue weighted by atomic mass is 10.2. The number of halogens is 1. The first-order valence-electron chi connectivity index (χ1n) is 9.83. The van der Waals surface area contributed by atoms with Crippen LogP contribution in [0.3, 0.4) is 0 Å². The van der Waals surface area contributed by atoms with E-state index in [2.05, 4.69) is 15.3 Å². The van der Waals surface area contributed by atoms with Crippen LogP contribution in [0.5, 0.6) is 0 Å². The van der Waals surface area contributed by atoms with Crippen molar-refractivity contribution < 1.29 is 4.79 Å². The van der Waals surface area contributed by atoms with Gasteiger partial charge in [-0.1, -0.05) is 48.0 Å². The van der Waals surface area contributed by atoms with E-state index in [-0.39, 0.29) is 18.1 Å². The molecule has 6 nitrogen and oxygen atoms in total. The Morgan fingerprint density at radius 1 is 1.03 bits per heavy atom. The highest BCUT2D eigenvalue weighted by atomic mass is 35.5. The van der Waals surface area contributed by atoms with Gasteiger partial charge in [0.05, 0.1) is 17.4 Å².